The van der Waals surface area contributed by atoms with Gasteiger partial charge in [-0.1, -0.05) is 11.6 Å². The van der Waals surface area contributed by atoms with Crippen molar-refractivity contribution in [1.82, 2.24) is 4.31 Å². The molecule has 1 fully saturated rings. The first-order valence-electron chi connectivity index (χ1n) is 6.43. The second-order valence-electron chi connectivity index (χ2n) is 4.89. The third-order valence-corrected chi connectivity index (χ3v) is 4.94. The Morgan fingerprint density at radius 2 is 1.95 bits per heavy atom. The number of hydrogen-bond donors (Lipinski definition) is 0. The molecule has 0 saturated carbocycles. The standard InChI is InChI=1S/C12H16ClN3O4S/c1-21(19,20)15-6-2-5-14(7-8-15)11-4-3-10(13)9-12(11)16(17)18/h3-4,9H,2,5-8H2,1H3. The Hall–Kier alpha value is -1.38. The van der Waals surface area contributed by atoms with Gasteiger partial charge in [0.1, 0.15) is 5.69 Å². The highest BCUT2D eigenvalue weighted by Gasteiger charge is 2.25. The minimum Gasteiger partial charge on any atom is -0.365 e. The number of nitrogens with zero attached hydrogens (tertiary/aromatic N) is 3. The zero-order valence-corrected chi connectivity index (χ0v) is 13.1. The number of nitro benzene ring substituents is 1. The van der Waals surface area contributed by atoms with Gasteiger partial charge in [0.25, 0.3) is 5.69 Å². The molecule has 0 unspecified atom stereocenters. The summed E-state index contributed by atoms with van der Waals surface area (Å²) in [5.41, 5.74) is 0.412. The highest BCUT2D eigenvalue weighted by molar-refractivity contribution is 7.88. The third-order valence-electron chi connectivity index (χ3n) is 3.40. The molecule has 0 aliphatic carbocycles. The molecule has 7 nitrogen and oxygen atoms in total. The van der Waals surface area contributed by atoms with E-state index < -0.39 is 14.9 Å². The zero-order chi connectivity index (χ0) is 15.6. The van der Waals surface area contributed by atoms with Crippen LogP contribution < -0.4 is 4.90 Å². The van der Waals surface area contributed by atoms with E-state index >= 15 is 0 Å². The summed E-state index contributed by atoms with van der Waals surface area (Å²) in [4.78, 5) is 12.5. The lowest BCUT2D eigenvalue weighted by Crippen LogP contribution is -2.34. The van der Waals surface area contributed by atoms with Crippen molar-refractivity contribution >= 4 is 33.0 Å². The van der Waals surface area contributed by atoms with Crippen LogP contribution >= 0.6 is 11.6 Å². The summed E-state index contributed by atoms with van der Waals surface area (Å²) >= 11 is 5.80. The highest BCUT2D eigenvalue weighted by atomic mass is 35.5. The van der Waals surface area contributed by atoms with Gasteiger partial charge in [-0.15, -0.1) is 0 Å². The van der Waals surface area contributed by atoms with E-state index in [-0.39, 0.29) is 5.69 Å². The molecule has 1 heterocycles. The molecule has 9 heteroatoms. The van der Waals surface area contributed by atoms with E-state index in [1.807, 2.05) is 4.90 Å². The Bertz CT molecular complexity index is 650. The summed E-state index contributed by atoms with van der Waals surface area (Å²) in [6.45, 7) is 1.72. The molecule has 0 amide bonds. The minimum absolute atomic E-state index is 0.0599. The van der Waals surface area contributed by atoms with E-state index in [1.54, 1.807) is 12.1 Å². The average Bonchev–Trinajstić information content (AvgIpc) is 2.63. The smallest absolute Gasteiger partial charge is 0.294 e. The predicted octanol–water partition coefficient (Wildman–Crippen LogP) is 1.72. The molecule has 1 aliphatic heterocycles. The molecule has 0 spiro atoms. The van der Waals surface area contributed by atoms with Crippen molar-refractivity contribution in [2.45, 2.75) is 6.42 Å². The van der Waals surface area contributed by atoms with Crippen molar-refractivity contribution in [3.8, 4) is 0 Å². The second-order valence-corrected chi connectivity index (χ2v) is 7.31. The maximum atomic E-state index is 11.6. The van der Waals surface area contributed by atoms with Crippen LogP contribution in [0.15, 0.2) is 18.2 Å². The summed E-state index contributed by atoms with van der Waals surface area (Å²) in [6, 6.07) is 4.52. The Kier molecular flexibility index (Phi) is 4.70. The van der Waals surface area contributed by atoms with Crippen molar-refractivity contribution in [1.29, 1.82) is 0 Å². The lowest BCUT2D eigenvalue weighted by molar-refractivity contribution is -0.384. The van der Waals surface area contributed by atoms with E-state index in [1.165, 1.54) is 16.6 Å². The number of sulfonamides is 1. The van der Waals surface area contributed by atoms with Gasteiger partial charge in [0.15, 0.2) is 0 Å². The van der Waals surface area contributed by atoms with Gasteiger partial charge >= 0.3 is 0 Å². The molecule has 0 bridgehead atoms. The zero-order valence-electron chi connectivity index (χ0n) is 11.5. The monoisotopic (exact) mass is 333 g/mol. The van der Waals surface area contributed by atoms with E-state index in [4.69, 9.17) is 11.6 Å². The molecule has 0 atom stereocenters. The van der Waals surface area contributed by atoms with E-state index in [0.717, 1.165) is 0 Å². The van der Waals surface area contributed by atoms with Gasteiger partial charge in [0, 0.05) is 37.3 Å². The molecule has 2 rings (SSSR count). The summed E-state index contributed by atoms with van der Waals surface area (Å²) in [5, 5.41) is 11.4. The summed E-state index contributed by atoms with van der Waals surface area (Å²) in [6.07, 6.45) is 1.79. The van der Waals surface area contributed by atoms with Crippen LogP contribution in [0, 0.1) is 10.1 Å². The molecule has 1 aromatic carbocycles. The van der Waals surface area contributed by atoms with Gasteiger partial charge in [-0.25, -0.2) is 12.7 Å². The van der Waals surface area contributed by atoms with Crippen LogP contribution in [0.3, 0.4) is 0 Å². The Morgan fingerprint density at radius 1 is 1.24 bits per heavy atom. The lowest BCUT2D eigenvalue weighted by Gasteiger charge is -2.22. The van der Waals surface area contributed by atoms with E-state index in [0.29, 0.717) is 43.3 Å². The largest absolute Gasteiger partial charge is 0.365 e. The first-order valence-corrected chi connectivity index (χ1v) is 8.65. The van der Waals surface area contributed by atoms with Crippen molar-refractivity contribution < 1.29 is 13.3 Å². The maximum absolute atomic E-state index is 11.6. The molecule has 0 radical (unpaired) electrons. The molecule has 1 saturated heterocycles. The van der Waals surface area contributed by atoms with Crippen molar-refractivity contribution in [2.75, 3.05) is 37.3 Å². The number of nitro groups is 1. The molecule has 0 N–H and O–H groups in total. The fourth-order valence-electron chi connectivity index (χ4n) is 2.38. The number of hydrogen-bond acceptors (Lipinski definition) is 5. The van der Waals surface area contributed by atoms with Crippen LogP contribution in [0.1, 0.15) is 6.42 Å². The molecular weight excluding hydrogens is 318 g/mol. The topological polar surface area (TPSA) is 83.8 Å². The number of rotatable bonds is 3. The fraction of sp³-hybridized carbons (Fsp3) is 0.500. The molecular formula is C12H16ClN3O4S. The van der Waals surface area contributed by atoms with Crippen LogP contribution in [0.25, 0.3) is 0 Å². The number of anilines is 1. The molecule has 1 aliphatic rings. The van der Waals surface area contributed by atoms with Crippen molar-refractivity contribution in [2.24, 2.45) is 0 Å². The van der Waals surface area contributed by atoms with Gasteiger partial charge in [-0.2, -0.15) is 0 Å². The summed E-state index contributed by atoms with van der Waals surface area (Å²) in [5.74, 6) is 0. The van der Waals surface area contributed by atoms with Crippen LogP contribution in [0.4, 0.5) is 11.4 Å². The minimum atomic E-state index is -3.24. The molecule has 21 heavy (non-hydrogen) atoms. The fourth-order valence-corrected chi connectivity index (χ4v) is 3.42. The molecule has 0 aromatic heterocycles. The van der Waals surface area contributed by atoms with Gasteiger partial charge in [0.2, 0.25) is 10.0 Å². The van der Waals surface area contributed by atoms with Crippen LogP contribution in [-0.2, 0) is 10.0 Å². The maximum Gasteiger partial charge on any atom is 0.294 e. The van der Waals surface area contributed by atoms with Gasteiger partial charge in [0.05, 0.1) is 11.2 Å². The normalized spacial score (nSPS) is 17.5. The third kappa shape index (κ3) is 3.84. The van der Waals surface area contributed by atoms with E-state index in [9.17, 15) is 18.5 Å². The predicted molar refractivity (Wildman–Crippen MR) is 81.4 cm³/mol. The van der Waals surface area contributed by atoms with Crippen LogP contribution in [0.5, 0.6) is 0 Å². The number of halogens is 1. The average molecular weight is 334 g/mol. The van der Waals surface area contributed by atoms with Gasteiger partial charge < -0.3 is 4.90 Å². The molecule has 1 aromatic rings. The number of benzene rings is 1. The van der Waals surface area contributed by atoms with Crippen molar-refractivity contribution in [3.05, 3.63) is 33.3 Å². The van der Waals surface area contributed by atoms with Crippen LogP contribution in [0.2, 0.25) is 5.02 Å². The van der Waals surface area contributed by atoms with Crippen LogP contribution in [-0.4, -0.2) is 50.1 Å². The first-order chi connectivity index (χ1) is 9.79. The quantitative estimate of drug-likeness (QED) is 0.621. The summed E-state index contributed by atoms with van der Waals surface area (Å²) < 4.78 is 24.6. The highest BCUT2D eigenvalue weighted by Crippen LogP contribution is 2.31. The lowest BCUT2D eigenvalue weighted by atomic mass is 10.2. The Morgan fingerprint density at radius 3 is 2.57 bits per heavy atom. The van der Waals surface area contributed by atoms with Gasteiger partial charge in [-0.05, 0) is 18.6 Å². The SMILES string of the molecule is CS(=O)(=O)N1CCCN(c2ccc(Cl)cc2[N+](=O)[O-])CC1. The Labute approximate surface area is 128 Å². The first kappa shape index (κ1) is 16.0. The summed E-state index contributed by atoms with van der Waals surface area (Å²) in [7, 11) is -3.24. The van der Waals surface area contributed by atoms with Crippen molar-refractivity contribution in [3.63, 3.8) is 0 Å². The Balaban J connectivity index is 2.26. The molecule has 116 valence electrons. The second kappa shape index (κ2) is 6.17. The van der Waals surface area contributed by atoms with Gasteiger partial charge in [-0.3, -0.25) is 10.1 Å². The van der Waals surface area contributed by atoms with E-state index in [2.05, 4.69) is 0 Å².